The van der Waals surface area contributed by atoms with Gasteiger partial charge in [0.25, 0.3) is 0 Å². The van der Waals surface area contributed by atoms with Crippen LogP contribution in [0.4, 0.5) is 0 Å². The van der Waals surface area contributed by atoms with Crippen molar-refractivity contribution in [2.45, 2.75) is 18.9 Å². The van der Waals surface area contributed by atoms with Crippen LogP contribution >= 0.6 is 0 Å². The van der Waals surface area contributed by atoms with Crippen LogP contribution in [-0.2, 0) is 9.59 Å². The zero-order valence-corrected chi connectivity index (χ0v) is 11.8. The summed E-state index contributed by atoms with van der Waals surface area (Å²) in [5.41, 5.74) is 6.71. The van der Waals surface area contributed by atoms with E-state index >= 15 is 0 Å². The van der Waals surface area contributed by atoms with Crippen molar-refractivity contribution in [1.29, 1.82) is 0 Å². The molecule has 5 nitrogen and oxygen atoms in total. The normalized spacial score (nSPS) is 16.0. The van der Waals surface area contributed by atoms with Crippen LogP contribution < -0.4 is 5.73 Å². The molecule has 1 aromatic carbocycles. The average Bonchev–Trinajstić information content (AvgIpc) is 3.01. The van der Waals surface area contributed by atoms with Gasteiger partial charge in [-0.1, -0.05) is 30.3 Å². The van der Waals surface area contributed by atoms with Crippen molar-refractivity contribution in [2.24, 2.45) is 5.73 Å². The fourth-order valence-corrected chi connectivity index (χ4v) is 2.39. The molecule has 2 rings (SSSR count). The topological polar surface area (TPSA) is 66.6 Å². The van der Waals surface area contributed by atoms with E-state index in [1.807, 2.05) is 30.3 Å². The van der Waals surface area contributed by atoms with E-state index in [2.05, 4.69) is 0 Å². The number of hydrogen-bond acceptors (Lipinski definition) is 3. The highest BCUT2D eigenvalue weighted by Gasteiger charge is 2.24. The lowest BCUT2D eigenvalue weighted by atomic mass is 10.1. The van der Waals surface area contributed by atoms with Crippen LogP contribution in [0.1, 0.15) is 24.4 Å². The zero-order valence-electron chi connectivity index (χ0n) is 11.8. The van der Waals surface area contributed by atoms with E-state index in [9.17, 15) is 9.59 Å². The SMILES string of the molecule is CN(CC(=O)N1CCCC1)C(=O)C(N)c1ccccc1. The predicted molar refractivity (Wildman–Crippen MR) is 76.8 cm³/mol. The average molecular weight is 275 g/mol. The first-order valence-corrected chi connectivity index (χ1v) is 6.93. The summed E-state index contributed by atoms with van der Waals surface area (Å²) in [5, 5.41) is 0. The molecule has 2 N–H and O–H groups in total. The molecule has 0 aromatic heterocycles. The third-order valence-corrected chi connectivity index (χ3v) is 3.63. The Bertz CT molecular complexity index is 469. The van der Waals surface area contributed by atoms with Crippen molar-refractivity contribution >= 4 is 11.8 Å². The van der Waals surface area contributed by atoms with Crippen LogP contribution in [0.2, 0.25) is 0 Å². The number of likely N-dealkylation sites (N-methyl/N-ethyl adjacent to an activating group) is 1. The minimum Gasteiger partial charge on any atom is -0.341 e. The molecule has 0 radical (unpaired) electrons. The third kappa shape index (κ3) is 3.36. The molecular formula is C15H21N3O2. The summed E-state index contributed by atoms with van der Waals surface area (Å²) in [7, 11) is 1.62. The molecule has 1 saturated heterocycles. The molecule has 0 spiro atoms. The maximum atomic E-state index is 12.2. The Labute approximate surface area is 119 Å². The van der Waals surface area contributed by atoms with Crippen molar-refractivity contribution in [3.63, 3.8) is 0 Å². The van der Waals surface area contributed by atoms with Crippen LogP contribution in [0.15, 0.2) is 30.3 Å². The Kier molecular flexibility index (Phi) is 4.74. The van der Waals surface area contributed by atoms with Gasteiger partial charge in [0, 0.05) is 20.1 Å². The quantitative estimate of drug-likeness (QED) is 0.882. The Hall–Kier alpha value is -1.88. The molecular weight excluding hydrogens is 254 g/mol. The second kappa shape index (κ2) is 6.52. The summed E-state index contributed by atoms with van der Waals surface area (Å²) in [6.45, 7) is 1.69. The van der Waals surface area contributed by atoms with Gasteiger partial charge >= 0.3 is 0 Å². The maximum absolute atomic E-state index is 12.2. The van der Waals surface area contributed by atoms with E-state index in [-0.39, 0.29) is 18.4 Å². The standard InChI is InChI=1S/C15H21N3O2/c1-17(11-13(19)18-9-5-6-10-18)15(20)14(16)12-7-3-2-4-8-12/h2-4,7-8,14H,5-6,9-11,16H2,1H3. The number of rotatable bonds is 4. The summed E-state index contributed by atoms with van der Waals surface area (Å²) in [6.07, 6.45) is 2.10. The molecule has 0 aliphatic carbocycles. The molecule has 2 amide bonds. The lowest BCUT2D eigenvalue weighted by Crippen LogP contribution is -2.43. The van der Waals surface area contributed by atoms with Crippen molar-refractivity contribution in [3.8, 4) is 0 Å². The van der Waals surface area contributed by atoms with Gasteiger partial charge in [0.2, 0.25) is 11.8 Å². The molecule has 1 aromatic rings. The summed E-state index contributed by atoms with van der Waals surface area (Å²) < 4.78 is 0. The van der Waals surface area contributed by atoms with Gasteiger partial charge in [-0.3, -0.25) is 9.59 Å². The van der Waals surface area contributed by atoms with Gasteiger partial charge in [-0.2, -0.15) is 0 Å². The van der Waals surface area contributed by atoms with Crippen molar-refractivity contribution in [3.05, 3.63) is 35.9 Å². The van der Waals surface area contributed by atoms with E-state index in [0.717, 1.165) is 31.5 Å². The number of nitrogens with two attached hydrogens (primary N) is 1. The number of carbonyl (C=O) groups excluding carboxylic acids is 2. The van der Waals surface area contributed by atoms with Crippen molar-refractivity contribution in [1.82, 2.24) is 9.80 Å². The molecule has 1 atom stereocenters. The van der Waals surface area contributed by atoms with Crippen LogP contribution in [-0.4, -0.2) is 48.3 Å². The number of benzene rings is 1. The summed E-state index contributed by atoms with van der Waals surface area (Å²) in [4.78, 5) is 27.5. The Morgan fingerprint density at radius 3 is 2.45 bits per heavy atom. The summed E-state index contributed by atoms with van der Waals surface area (Å²) in [5.74, 6) is -0.234. The Morgan fingerprint density at radius 1 is 1.25 bits per heavy atom. The van der Waals surface area contributed by atoms with Gasteiger partial charge in [-0.05, 0) is 18.4 Å². The van der Waals surface area contributed by atoms with Gasteiger partial charge in [-0.25, -0.2) is 0 Å². The van der Waals surface area contributed by atoms with Crippen LogP contribution in [0.5, 0.6) is 0 Å². The largest absolute Gasteiger partial charge is 0.341 e. The number of nitrogens with zero attached hydrogens (tertiary/aromatic N) is 2. The first-order valence-electron chi connectivity index (χ1n) is 6.93. The van der Waals surface area contributed by atoms with Gasteiger partial charge < -0.3 is 15.5 Å². The molecule has 0 saturated carbocycles. The molecule has 108 valence electrons. The zero-order chi connectivity index (χ0) is 14.5. The highest BCUT2D eigenvalue weighted by molar-refractivity contribution is 5.88. The van der Waals surface area contributed by atoms with Crippen molar-refractivity contribution < 1.29 is 9.59 Å². The van der Waals surface area contributed by atoms with E-state index < -0.39 is 6.04 Å². The lowest BCUT2D eigenvalue weighted by Gasteiger charge is -2.24. The summed E-state index contributed by atoms with van der Waals surface area (Å²) >= 11 is 0. The minimum atomic E-state index is -0.715. The fourth-order valence-electron chi connectivity index (χ4n) is 2.39. The second-order valence-corrected chi connectivity index (χ2v) is 5.17. The van der Waals surface area contributed by atoms with Gasteiger partial charge in [0.05, 0.1) is 6.54 Å². The van der Waals surface area contributed by atoms with Crippen LogP contribution in [0.25, 0.3) is 0 Å². The smallest absolute Gasteiger partial charge is 0.244 e. The number of carbonyl (C=O) groups is 2. The molecule has 1 aliphatic rings. The Balaban J connectivity index is 1.93. The molecule has 1 fully saturated rings. The van der Waals surface area contributed by atoms with E-state index in [0.29, 0.717) is 0 Å². The number of hydrogen-bond donors (Lipinski definition) is 1. The molecule has 5 heteroatoms. The van der Waals surface area contributed by atoms with Crippen LogP contribution in [0.3, 0.4) is 0 Å². The molecule has 1 unspecified atom stereocenters. The lowest BCUT2D eigenvalue weighted by molar-refractivity contribution is -0.139. The highest BCUT2D eigenvalue weighted by Crippen LogP contribution is 2.13. The fraction of sp³-hybridized carbons (Fsp3) is 0.467. The van der Waals surface area contributed by atoms with Crippen LogP contribution in [0, 0.1) is 0 Å². The van der Waals surface area contributed by atoms with E-state index in [1.165, 1.54) is 4.90 Å². The van der Waals surface area contributed by atoms with Gasteiger partial charge in [0.15, 0.2) is 0 Å². The third-order valence-electron chi connectivity index (χ3n) is 3.63. The first kappa shape index (κ1) is 14.5. The van der Waals surface area contributed by atoms with Gasteiger partial charge in [0.1, 0.15) is 6.04 Å². The monoisotopic (exact) mass is 275 g/mol. The molecule has 20 heavy (non-hydrogen) atoms. The maximum Gasteiger partial charge on any atom is 0.244 e. The number of amides is 2. The van der Waals surface area contributed by atoms with Gasteiger partial charge in [-0.15, -0.1) is 0 Å². The van der Waals surface area contributed by atoms with E-state index in [4.69, 9.17) is 5.73 Å². The van der Waals surface area contributed by atoms with E-state index in [1.54, 1.807) is 11.9 Å². The molecule has 0 bridgehead atoms. The molecule has 1 heterocycles. The predicted octanol–water partition coefficient (Wildman–Crippen LogP) is 0.767. The highest BCUT2D eigenvalue weighted by atomic mass is 16.2. The summed E-state index contributed by atoms with van der Waals surface area (Å²) in [6, 6.07) is 8.49. The number of likely N-dealkylation sites (tertiary alicyclic amines) is 1. The second-order valence-electron chi connectivity index (χ2n) is 5.17. The Morgan fingerprint density at radius 2 is 1.85 bits per heavy atom. The molecule has 1 aliphatic heterocycles. The first-order chi connectivity index (χ1) is 9.59. The van der Waals surface area contributed by atoms with Crippen molar-refractivity contribution in [2.75, 3.05) is 26.7 Å². The minimum absolute atomic E-state index is 0.00129.